The number of aliphatic hydroxyl groups excluding tert-OH is 1. The van der Waals surface area contributed by atoms with E-state index in [2.05, 4.69) is 45.6 Å². The van der Waals surface area contributed by atoms with Gasteiger partial charge in [-0.05, 0) is 91.4 Å². The first-order chi connectivity index (χ1) is 18.6. The van der Waals surface area contributed by atoms with Gasteiger partial charge in [0.15, 0.2) is 0 Å². The highest BCUT2D eigenvalue weighted by Gasteiger charge is 2.34. The molecule has 0 bridgehead atoms. The van der Waals surface area contributed by atoms with Crippen molar-refractivity contribution in [3.63, 3.8) is 0 Å². The van der Waals surface area contributed by atoms with E-state index in [1.807, 2.05) is 6.07 Å². The van der Waals surface area contributed by atoms with Gasteiger partial charge in [-0.1, -0.05) is 18.3 Å². The smallest absolute Gasteiger partial charge is 0.119 e. The monoisotopic (exact) mass is 553 g/mol. The summed E-state index contributed by atoms with van der Waals surface area (Å²) in [6.07, 6.45) is 7.14. The molecule has 204 valence electrons. The number of morpholine rings is 1. The van der Waals surface area contributed by atoms with Gasteiger partial charge in [0.25, 0.3) is 0 Å². The molecule has 4 heterocycles. The van der Waals surface area contributed by atoms with E-state index in [4.69, 9.17) is 26.7 Å². The van der Waals surface area contributed by atoms with Gasteiger partial charge in [0.1, 0.15) is 5.75 Å². The molecular weight excluding hydrogens is 514 g/mol. The van der Waals surface area contributed by atoms with Crippen LogP contribution in [0, 0.1) is 5.41 Å². The molecule has 8 heteroatoms. The molecule has 0 aliphatic carbocycles. The molecule has 3 aromatic rings. The Kier molecular flexibility index (Phi) is 9.41. The number of hydrogen-bond acceptors (Lipinski definition) is 8. The maximum Gasteiger partial charge on any atom is 0.119 e. The predicted octanol–water partition coefficient (Wildman–Crippen LogP) is 4.95. The second-order valence-electron chi connectivity index (χ2n) is 10.7. The van der Waals surface area contributed by atoms with Gasteiger partial charge < -0.3 is 14.6 Å². The van der Waals surface area contributed by atoms with E-state index in [0.717, 1.165) is 101 Å². The molecule has 38 heavy (non-hydrogen) atoms. The lowest BCUT2D eigenvalue weighted by atomic mass is 9.74. The lowest BCUT2D eigenvalue weighted by molar-refractivity contribution is 0.0339. The average Bonchev–Trinajstić information content (AvgIpc) is 3.51. The van der Waals surface area contributed by atoms with Crippen LogP contribution < -0.4 is 4.74 Å². The van der Waals surface area contributed by atoms with Crippen LogP contribution in [0.2, 0.25) is 0 Å². The zero-order valence-electron chi connectivity index (χ0n) is 22.4. The quantitative estimate of drug-likeness (QED) is 0.266. The number of rotatable bonds is 11. The molecule has 0 spiro atoms. The molecule has 0 amide bonds. The van der Waals surface area contributed by atoms with Gasteiger partial charge in [0, 0.05) is 54.1 Å². The number of fused-ring (bicyclic) bond motifs is 1. The second kappa shape index (κ2) is 12.9. The number of thiocarbonyl (C=S) groups is 1. The summed E-state index contributed by atoms with van der Waals surface area (Å²) in [5.74, 6) is 0.865. The lowest BCUT2D eigenvalue weighted by Crippen LogP contribution is -2.43. The Morgan fingerprint density at radius 2 is 1.97 bits per heavy atom. The number of aryl methyl sites for hydroxylation is 1. The highest BCUT2D eigenvalue weighted by molar-refractivity contribution is 7.81. The molecule has 1 N–H and O–H groups in total. The average molecular weight is 554 g/mol. The van der Waals surface area contributed by atoms with Gasteiger partial charge in [0.05, 0.1) is 25.8 Å². The van der Waals surface area contributed by atoms with E-state index in [1.165, 1.54) is 21.4 Å². The van der Waals surface area contributed by atoms with E-state index in [0.29, 0.717) is 0 Å². The first-order valence-corrected chi connectivity index (χ1v) is 15.0. The fourth-order valence-electron chi connectivity index (χ4n) is 5.86. The van der Waals surface area contributed by atoms with E-state index in [1.54, 1.807) is 18.4 Å². The fraction of sp³-hybridized carbons (Fsp3) is 0.533. The first-order valence-electron chi connectivity index (χ1n) is 13.7. The minimum absolute atomic E-state index is 0.00799. The van der Waals surface area contributed by atoms with Crippen LogP contribution in [-0.2, 0) is 17.7 Å². The van der Waals surface area contributed by atoms with Crippen LogP contribution in [0.25, 0.3) is 10.9 Å². The molecule has 0 unspecified atom stereocenters. The van der Waals surface area contributed by atoms with Crippen molar-refractivity contribution in [1.82, 2.24) is 14.8 Å². The summed E-state index contributed by atoms with van der Waals surface area (Å²) in [5.41, 5.74) is 3.67. The number of ether oxygens (including phenoxy) is 2. The SMILES string of the molecule is COc1ccc2ncc(CN3CCOCC3)c(CCCC3(CO)CCN(CC(=S)c4cccs4)CC3)c2c1. The van der Waals surface area contributed by atoms with Gasteiger partial charge >= 0.3 is 0 Å². The molecule has 0 saturated carbocycles. The number of pyridine rings is 1. The Balaban J connectivity index is 1.25. The zero-order chi connectivity index (χ0) is 26.4. The van der Waals surface area contributed by atoms with Gasteiger partial charge in [-0.3, -0.25) is 14.8 Å². The maximum atomic E-state index is 10.5. The number of aromatic nitrogens is 1. The molecule has 2 aromatic heterocycles. The van der Waals surface area contributed by atoms with Crippen molar-refractivity contribution in [3.8, 4) is 5.75 Å². The van der Waals surface area contributed by atoms with Crippen molar-refractivity contribution in [1.29, 1.82) is 0 Å². The maximum absolute atomic E-state index is 10.5. The zero-order valence-corrected chi connectivity index (χ0v) is 24.0. The standard InChI is InChI=1S/C30H39N3O3S2/c1-35-24-6-7-27-26(18-24)25(23(19-31-27)20-33-13-15-36-16-14-33)4-2-8-30(22-34)9-11-32(12-10-30)21-28(37)29-5-3-17-38-29/h3,5-7,17-19,34H,2,4,8-16,20-22H2,1H3. The molecule has 2 aliphatic heterocycles. The van der Waals surface area contributed by atoms with Gasteiger partial charge in [-0.2, -0.15) is 0 Å². The highest BCUT2D eigenvalue weighted by Crippen LogP contribution is 2.37. The molecule has 1 aromatic carbocycles. The van der Waals surface area contributed by atoms with E-state index in [9.17, 15) is 5.11 Å². The minimum Gasteiger partial charge on any atom is -0.497 e. The Labute approximate surface area is 235 Å². The second-order valence-corrected chi connectivity index (χ2v) is 12.2. The largest absolute Gasteiger partial charge is 0.497 e. The molecule has 2 aliphatic rings. The van der Waals surface area contributed by atoms with Crippen molar-refractivity contribution in [2.24, 2.45) is 5.41 Å². The molecule has 2 fully saturated rings. The minimum atomic E-state index is -0.00799. The number of methoxy groups -OCH3 is 1. The predicted molar refractivity (Wildman–Crippen MR) is 159 cm³/mol. The summed E-state index contributed by atoms with van der Waals surface area (Å²) in [6, 6.07) is 10.4. The van der Waals surface area contributed by atoms with Gasteiger partial charge in [0.2, 0.25) is 0 Å². The summed E-state index contributed by atoms with van der Waals surface area (Å²) in [5, 5.41) is 13.8. The van der Waals surface area contributed by atoms with E-state index < -0.39 is 0 Å². The fourth-order valence-corrected chi connectivity index (χ4v) is 6.91. The highest BCUT2D eigenvalue weighted by atomic mass is 32.1. The molecule has 0 atom stereocenters. The first kappa shape index (κ1) is 27.6. The van der Waals surface area contributed by atoms with Crippen LogP contribution in [0.4, 0.5) is 0 Å². The molecule has 2 saturated heterocycles. The number of benzene rings is 1. The van der Waals surface area contributed by atoms with Crippen molar-refractivity contribution in [2.75, 3.05) is 59.7 Å². The number of piperidine rings is 1. The number of nitrogens with zero attached hydrogens (tertiary/aromatic N) is 3. The Morgan fingerprint density at radius 3 is 2.68 bits per heavy atom. The van der Waals surface area contributed by atoms with Crippen LogP contribution in [0.3, 0.4) is 0 Å². The molecule has 6 nitrogen and oxygen atoms in total. The van der Waals surface area contributed by atoms with Crippen LogP contribution in [0.15, 0.2) is 41.9 Å². The molecular formula is C30H39N3O3S2. The van der Waals surface area contributed by atoms with Crippen molar-refractivity contribution >= 4 is 39.3 Å². The van der Waals surface area contributed by atoms with Crippen LogP contribution >= 0.6 is 23.6 Å². The van der Waals surface area contributed by atoms with Crippen LogP contribution in [-0.4, -0.2) is 84.4 Å². The van der Waals surface area contributed by atoms with Crippen molar-refractivity contribution in [3.05, 3.63) is 57.9 Å². The number of hydrogen-bond donors (Lipinski definition) is 1. The number of thiophene rings is 1. The number of aliphatic hydroxyl groups is 1. The normalized spacial score (nSPS) is 18.6. The van der Waals surface area contributed by atoms with E-state index >= 15 is 0 Å². The summed E-state index contributed by atoms with van der Waals surface area (Å²) in [6.45, 7) is 7.45. The Hall–Kier alpha value is -1.94. The Morgan fingerprint density at radius 1 is 1.16 bits per heavy atom. The van der Waals surface area contributed by atoms with Gasteiger partial charge in [-0.25, -0.2) is 0 Å². The summed E-state index contributed by atoms with van der Waals surface area (Å²) < 4.78 is 11.1. The third kappa shape index (κ3) is 6.61. The van der Waals surface area contributed by atoms with Gasteiger partial charge in [-0.15, -0.1) is 11.3 Å². The summed E-state index contributed by atoms with van der Waals surface area (Å²) >= 11 is 7.41. The number of likely N-dealkylation sites (tertiary alicyclic amines) is 1. The van der Waals surface area contributed by atoms with Crippen molar-refractivity contribution < 1.29 is 14.6 Å². The summed E-state index contributed by atoms with van der Waals surface area (Å²) in [4.78, 5) is 11.9. The molecule has 0 radical (unpaired) electrons. The van der Waals surface area contributed by atoms with Crippen molar-refractivity contribution in [2.45, 2.75) is 38.6 Å². The van der Waals surface area contributed by atoms with Crippen LogP contribution in [0.5, 0.6) is 5.75 Å². The third-order valence-electron chi connectivity index (χ3n) is 8.32. The third-order valence-corrected chi connectivity index (χ3v) is 9.73. The van der Waals surface area contributed by atoms with Crippen LogP contribution in [0.1, 0.15) is 41.7 Å². The summed E-state index contributed by atoms with van der Waals surface area (Å²) in [7, 11) is 1.72. The topological polar surface area (TPSA) is 58.1 Å². The Bertz CT molecular complexity index is 1200. The van der Waals surface area contributed by atoms with E-state index in [-0.39, 0.29) is 12.0 Å². The molecule has 5 rings (SSSR count). The lowest BCUT2D eigenvalue weighted by Gasteiger charge is -2.41.